The van der Waals surface area contributed by atoms with E-state index in [1.54, 1.807) is 4.90 Å². The number of hydrogen-bond donors (Lipinski definition) is 2. The number of fused-ring (bicyclic) bond motifs is 1. The van der Waals surface area contributed by atoms with Gasteiger partial charge in [-0.3, -0.25) is 4.79 Å². The molecule has 0 aromatic heterocycles. The van der Waals surface area contributed by atoms with Gasteiger partial charge in [0.2, 0.25) is 5.91 Å². The van der Waals surface area contributed by atoms with E-state index < -0.39 is 12.1 Å². The summed E-state index contributed by atoms with van der Waals surface area (Å²) in [4.78, 5) is 13.9. The van der Waals surface area contributed by atoms with Gasteiger partial charge in [0.05, 0.1) is 24.8 Å². The number of aliphatic hydroxyl groups excluding tert-OH is 1. The van der Waals surface area contributed by atoms with E-state index in [0.717, 1.165) is 6.42 Å². The minimum atomic E-state index is -0.558. The third-order valence-electron chi connectivity index (χ3n) is 3.60. The molecule has 5 nitrogen and oxygen atoms in total. The Labute approximate surface area is 114 Å². The standard InChI is InChI=1S/C12H22N2O3.ClH/c1-7(2)5-8(13)12(16)14-4-3-10-11(14)9(15)6-17-10;/h7-11,15H,3-6,13H2,1-2H3;1H/t8?,9-,10+,11+;/m0./s1. The zero-order chi connectivity index (χ0) is 12.6. The molecule has 1 unspecified atom stereocenters. The molecule has 0 saturated carbocycles. The molecule has 106 valence electrons. The van der Waals surface area contributed by atoms with E-state index in [1.165, 1.54) is 0 Å². The first-order valence-electron chi connectivity index (χ1n) is 6.36. The molecule has 2 rings (SSSR count). The molecule has 0 aromatic carbocycles. The monoisotopic (exact) mass is 278 g/mol. The van der Waals surface area contributed by atoms with Gasteiger partial charge in [-0.25, -0.2) is 0 Å². The van der Waals surface area contributed by atoms with E-state index >= 15 is 0 Å². The van der Waals surface area contributed by atoms with Crippen LogP contribution in [-0.2, 0) is 9.53 Å². The number of carbonyl (C=O) groups is 1. The number of hydrogen-bond acceptors (Lipinski definition) is 4. The summed E-state index contributed by atoms with van der Waals surface area (Å²) in [5.41, 5.74) is 5.91. The fourth-order valence-corrected chi connectivity index (χ4v) is 2.82. The molecule has 6 heteroatoms. The van der Waals surface area contributed by atoms with Crippen molar-refractivity contribution in [1.29, 1.82) is 0 Å². The highest BCUT2D eigenvalue weighted by Crippen LogP contribution is 2.30. The lowest BCUT2D eigenvalue weighted by Gasteiger charge is -2.28. The summed E-state index contributed by atoms with van der Waals surface area (Å²) in [6.07, 6.45) is 0.934. The molecular formula is C12H23ClN2O3. The highest BCUT2D eigenvalue weighted by molar-refractivity contribution is 5.85. The average Bonchev–Trinajstić information content (AvgIpc) is 2.80. The van der Waals surface area contributed by atoms with E-state index in [4.69, 9.17) is 10.5 Å². The van der Waals surface area contributed by atoms with E-state index in [9.17, 15) is 9.90 Å². The van der Waals surface area contributed by atoms with Crippen molar-refractivity contribution in [3.05, 3.63) is 0 Å². The minimum Gasteiger partial charge on any atom is -0.388 e. The minimum absolute atomic E-state index is 0. The lowest BCUT2D eigenvalue weighted by molar-refractivity contribution is -0.135. The number of nitrogens with zero attached hydrogens (tertiary/aromatic N) is 1. The molecule has 2 saturated heterocycles. The summed E-state index contributed by atoms with van der Waals surface area (Å²) in [7, 11) is 0. The van der Waals surface area contributed by atoms with Gasteiger partial charge in [-0.2, -0.15) is 0 Å². The molecule has 4 atom stereocenters. The van der Waals surface area contributed by atoms with Crippen molar-refractivity contribution in [3.63, 3.8) is 0 Å². The van der Waals surface area contributed by atoms with E-state index in [2.05, 4.69) is 0 Å². The van der Waals surface area contributed by atoms with Crippen LogP contribution < -0.4 is 5.73 Å². The van der Waals surface area contributed by atoms with Gasteiger partial charge < -0.3 is 20.5 Å². The Morgan fingerprint density at radius 2 is 2.22 bits per heavy atom. The van der Waals surface area contributed by atoms with Crippen LogP contribution in [0.1, 0.15) is 26.7 Å². The first-order valence-corrected chi connectivity index (χ1v) is 6.36. The van der Waals surface area contributed by atoms with Crippen molar-refractivity contribution in [3.8, 4) is 0 Å². The van der Waals surface area contributed by atoms with Crippen LogP contribution in [-0.4, -0.2) is 53.4 Å². The van der Waals surface area contributed by atoms with Crippen LogP contribution in [0.15, 0.2) is 0 Å². The summed E-state index contributed by atoms with van der Waals surface area (Å²) in [5, 5.41) is 9.82. The number of amides is 1. The van der Waals surface area contributed by atoms with Gasteiger partial charge in [0, 0.05) is 6.54 Å². The Balaban J connectivity index is 0.00000162. The summed E-state index contributed by atoms with van der Waals surface area (Å²) < 4.78 is 5.45. The fraction of sp³-hybridized carbons (Fsp3) is 0.917. The first-order chi connectivity index (χ1) is 8.00. The van der Waals surface area contributed by atoms with Crippen molar-refractivity contribution in [2.75, 3.05) is 13.2 Å². The highest BCUT2D eigenvalue weighted by Gasteiger charge is 2.47. The van der Waals surface area contributed by atoms with Gasteiger partial charge in [-0.1, -0.05) is 13.8 Å². The molecule has 2 aliphatic heterocycles. The molecule has 0 bridgehead atoms. The summed E-state index contributed by atoms with van der Waals surface area (Å²) in [6.45, 7) is 5.08. The number of carbonyl (C=O) groups excluding carboxylic acids is 1. The van der Waals surface area contributed by atoms with Crippen LogP contribution in [0.2, 0.25) is 0 Å². The lowest BCUT2D eigenvalue weighted by Crippen LogP contribution is -2.50. The number of aliphatic hydroxyl groups is 1. The average molecular weight is 279 g/mol. The third-order valence-corrected chi connectivity index (χ3v) is 3.60. The molecule has 2 aliphatic rings. The molecule has 2 fully saturated rings. The van der Waals surface area contributed by atoms with Crippen molar-refractivity contribution in [2.45, 2.75) is 51.0 Å². The highest BCUT2D eigenvalue weighted by atomic mass is 35.5. The van der Waals surface area contributed by atoms with E-state index in [0.29, 0.717) is 25.5 Å². The van der Waals surface area contributed by atoms with Crippen molar-refractivity contribution < 1.29 is 14.6 Å². The molecule has 0 aliphatic carbocycles. The van der Waals surface area contributed by atoms with E-state index in [1.807, 2.05) is 13.8 Å². The number of nitrogens with two attached hydrogens (primary N) is 1. The van der Waals surface area contributed by atoms with Gasteiger partial charge in [0.25, 0.3) is 0 Å². The van der Waals surface area contributed by atoms with Crippen LogP contribution in [0, 0.1) is 5.92 Å². The quantitative estimate of drug-likeness (QED) is 0.770. The van der Waals surface area contributed by atoms with Gasteiger partial charge in [-0.05, 0) is 18.8 Å². The van der Waals surface area contributed by atoms with Gasteiger partial charge >= 0.3 is 0 Å². The molecule has 2 heterocycles. The zero-order valence-corrected chi connectivity index (χ0v) is 11.7. The Morgan fingerprint density at radius 3 is 2.83 bits per heavy atom. The Hall–Kier alpha value is -0.360. The molecule has 0 spiro atoms. The predicted octanol–water partition coefficient (Wildman–Crippen LogP) is 0.142. The van der Waals surface area contributed by atoms with Crippen LogP contribution in [0.3, 0.4) is 0 Å². The second-order valence-corrected chi connectivity index (χ2v) is 5.49. The van der Waals surface area contributed by atoms with Crippen molar-refractivity contribution in [1.82, 2.24) is 4.90 Å². The molecule has 0 aromatic rings. The normalized spacial score (nSPS) is 32.3. The maximum atomic E-state index is 12.2. The van der Waals surface area contributed by atoms with Crippen molar-refractivity contribution >= 4 is 18.3 Å². The number of ether oxygens (including phenoxy) is 1. The zero-order valence-electron chi connectivity index (χ0n) is 10.9. The molecular weight excluding hydrogens is 256 g/mol. The molecule has 0 radical (unpaired) electrons. The van der Waals surface area contributed by atoms with Crippen LogP contribution in [0.25, 0.3) is 0 Å². The number of likely N-dealkylation sites (tertiary alicyclic amines) is 1. The topological polar surface area (TPSA) is 75.8 Å². The predicted molar refractivity (Wildman–Crippen MR) is 70.5 cm³/mol. The fourth-order valence-electron chi connectivity index (χ4n) is 2.82. The Bertz CT molecular complexity index is 301. The maximum absolute atomic E-state index is 12.2. The SMILES string of the molecule is CC(C)CC(N)C(=O)N1CC[C@H]2OC[C@H](O)[C@H]21.Cl. The van der Waals surface area contributed by atoms with Crippen LogP contribution in [0.5, 0.6) is 0 Å². The largest absolute Gasteiger partial charge is 0.388 e. The Kier molecular flexibility index (Phi) is 5.40. The first kappa shape index (κ1) is 15.7. The lowest BCUT2D eigenvalue weighted by atomic mass is 10.0. The van der Waals surface area contributed by atoms with E-state index in [-0.39, 0.29) is 30.5 Å². The second kappa shape index (κ2) is 6.19. The van der Waals surface area contributed by atoms with Gasteiger partial charge in [-0.15, -0.1) is 12.4 Å². The number of rotatable bonds is 3. The summed E-state index contributed by atoms with van der Waals surface area (Å²) in [5.74, 6) is 0.354. The number of halogens is 1. The van der Waals surface area contributed by atoms with Crippen LogP contribution in [0.4, 0.5) is 0 Å². The maximum Gasteiger partial charge on any atom is 0.239 e. The van der Waals surface area contributed by atoms with Crippen molar-refractivity contribution in [2.24, 2.45) is 11.7 Å². The third kappa shape index (κ3) is 2.96. The van der Waals surface area contributed by atoms with Gasteiger partial charge in [0.15, 0.2) is 0 Å². The smallest absolute Gasteiger partial charge is 0.239 e. The summed E-state index contributed by atoms with van der Waals surface area (Å²) in [6, 6.07) is -0.637. The second-order valence-electron chi connectivity index (χ2n) is 5.49. The molecule has 18 heavy (non-hydrogen) atoms. The van der Waals surface area contributed by atoms with Gasteiger partial charge in [0.1, 0.15) is 6.10 Å². The summed E-state index contributed by atoms with van der Waals surface area (Å²) >= 11 is 0. The Morgan fingerprint density at radius 1 is 1.56 bits per heavy atom. The molecule has 3 N–H and O–H groups in total. The van der Waals surface area contributed by atoms with Crippen LogP contribution >= 0.6 is 12.4 Å². The molecule has 1 amide bonds.